The van der Waals surface area contributed by atoms with Crippen LogP contribution in [0.25, 0.3) is 0 Å². The van der Waals surface area contributed by atoms with E-state index in [2.05, 4.69) is 9.88 Å². The highest BCUT2D eigenvalue weighted by molar-refractivity contribution is 5.97. The molecule has 3 atom stereocenters. The topological polar surface area (TPSA) is 88.7 Å². The maximum absolute atomic E-state index is 11.7. The van der Waals surface area contributed by atoms with E-state index in [0.717, 1.165) is 25.9 Å². The van der Waals surface area contributed by atoms with Gasteiger partial charge in [0.25, 0.3) is 0 Å². The largest absolute Gasteiger partial charge is 0.465 e. The molecule has 0 aromatic carbocycles. The Bertz CT molecular complexity index is 534. The number of rotatable bonds is 2. The highest BCUT2D eigenvalue weighted by Crippen LogP contribution is 2.40. The molecule has 3 unspecified atom stereocenters. The second-order valence-corrected chi connectivity index (χ2v) is 5.56. The summed E-state index contributed by atoms with van der Waals surface area (Å²) >= 11 is 0. The quantitative estimate of drug-likeness (QED) is 0.772. The van der Waals surface area contributed by atoms with Crippen LogP contribution in [0.5, 0.6) is 0 Å². The molecule has 2 aliphatic rings. The van der Waals surface area contributed by atoms with Crippen molar-refractivity contribution in [1.82, 2.24) is 4.98 Å². The second-order valence-electron chi connectivity index (χ2n) is 5.56. The average molecular weight is 277 g/mol. The van der Waals surface area contributed by atoms with Crippen molar-refractivity contribution in [2.75, 3.05) is 30.8 Å². The Labute approximate surface area is 117 Å². The first-order valence-corrected chi connectivity index (χ1v) is 6.87. The van der Waals surface area contributed by atoms with E-state index in [4.69, 9.17) is 10.5 Å². The molecule has 0 radical (unpaired) electrons. The van der Waals surface area contributed by atoms with Gasteiger partial charge in [0.1, 0.15) is 0 Å². The smallest absolute Gasteiger partial charge is 0.340 e. The van der Waals surface area contributed by atoms with Gasteiger partial charge in [-0.2, -0.15) is 0 Å². The molecule has 1 saturated heterocycles. The molecular formula is C14H19N3O3. The van der Waals surface area contributed by atoms with E-state index < -0.39 is 5.97 Å². The van der Waals surface area contributed by atoms with E-state index in [1.807, 2.05) is 0 Å². The number of ether oxygens (including phenoxy) is 1. The van der Waals surface area contributed by atoms with Crippen molar-refractivity contribution in [3.63, 3.8) is 0 Å². The number of carbonyl (C=O) groups excluding carboxylic acids is 1. The predicted octanol–water partition coefficient (Wildman–Crippen LogP) is 0.657. The average Bonchev–Trinajstić information content (AvgIpc) is 3.01. The van der Waals surface area contributed by atoms with Crippen molar-refractivity contribution in [3.05, 3.63) is 17.8 Å². The van der Waals surface area contributed by atoms with E-state index in [9.17, 15) is 9.90 Å². The number of hydrogen-bond acceptors (Lipinski definition) is 6. The maximum atomic E-state index is 11.7. The zero-order valence-electron chi connectivity index (χ0n) is 11.5. The third-order valence-corrected chi connectivity index (χ3v) is 4.49. The van der Waals surface area contributed by atoms with Crippen molar-refractivity contribution in [2.24, 2.45) is 11.8 Å². The Hall–Kier alpha value is -1.82. The molecule has 20 heavy (non-hydrogen) atoms. The lowest BCUT2D eigenvalue weighted by Crippen LogP contribution is -2.26. The fourth-order valence-corrected chi connectivity index (χ4v) is 3.41. The molecule has 2 heterocycles. The fraction of sp³-hybridized carbons (Fsp3) is 0.571. The summed E-state index contributed by atoms with van der Waals surface area (Å²) in [6.45, 7) is 1.58. The van der Waals surface area contributed by atoms with Gasteiger partial charge in [0.15, 0.2) is 5.82 Å². The van der Waals surface area contributed by atoms with Crippen LogP contribution in [-0.2, 0) is 4.74 Å². The van der Waals surface area contributed by atoms with Gasteiger partial charge in [0, 0.05) is 25.2 Å². The van der Waals surface area contributed by atoms with Gasteiger partial charge in [-0.15, -0.1) is 0 Å². The summed E-state index contributed by atoms with van der Waals surface area (Å²) in [5, 5.41) is 9.96. The number of nitrogens with two attached hydrogens (primary N) is 1. The summed E-state index contributed by atoms with van der Waals surface area (Å²) < 4.78 is 4.72. The Balaban J connectivity index is 1.87. The Morgan fingerprint density at radius 1 is 1.50 bits per heavy atom. The van der Waals surface area contributed by atoms with Crippen LogP contribution in [0.2, 0.25) is 0 Å². The lowest BCUT2D eigenvalue weighted by Gasteiger charge is -2.21. The van der Waals surface area contributed by atoms with Crippen LogP contribution in [0.1, 0.15) is 23.2 Å². The number of carbonyl (C=O) groups is 1. The Morgan fingerprint density at radius 2 is 2.30 bits per heavy atom. The van der Waals surface area contributed by atoms with E-state index in [0.29, 0.717) is 23.0 Å². The minimum Gasteiger partial charge on any atom is -0.465 e. The zero-order chi connectivity index (χ0) is 14.3. The lowest BCUT2D eigenvalue weighted by molar-refractivity contribution is 0.0602. The van der Waals surface area contributed by atoms with Gasteiger partial charge >= 0.3 is 5.97 Å². The van der Waals surface area contributed by atoms with Crippen molar-refractivity contribution >= 4 is 17.5 Å². The number of nitrogen functional groups attached to an aromatic ring is 1. The van der Waals surface area contributed by atoms with Crippen LogP contribution in [0, 0.1) is 11.8 Å². The molecule has 6 heteroatoms. The normalized spacial score (nSPS) is 28.5. The van der Waals surface area contributed by atoms with E-state index in [-0.39, 0.29) is 12.0 Å². The second kappa shape index (κ2) is 4.94. The van der Waals surface area contributed by atoms with Gasteiger partial charge in [-0.1, -0.05) is 0 Å². The van der Waals surface area contributed by atoms with E-state index in [1.54, 1.807) is 12.3 Å². The van der Waals surface area contributed by atoms with E-state index in [1.165, 1.54) is 7.11 Å². The molecule has 2 fully saturated rings. The number of aromatic nitrogens is 1. The maximum Gasteiger partial charge on any atom is 0.340 e. The number of aliphatic hydroxyl groups is 1. The van der Waals surface area contributed by atoms with Gasteiger partial charge in [0.2, 0.25) is 0 Å². The summed E-state index contributed by atoms with van der Waals surface area (Å²) in [6, 6.07) is 1.57. The zero-order valence-corrected chi connectivity index (χ0v) is 11.5. The molecule has 0 amide bonds. The first kappa shape index (κ1) is 13.2. The van der Waals surface area contributed by atoms with Gasteiger partial charge in [0.05, 0.1) is 24.5 Å². The molecule has 3 rings (SSSR count). The van der Waals surface area contributed by atoms with Crippen LogP contribution < -0.4 is 10.6 Å². The summed E-state index contributed by atoms with van der Waals surface area (Å²) in [7, 11) is 1.33. The highest BCUT2D eigenvalue weighted by atomic mass is 16.5. The number of anilines is 2. The predicted molar refractivity (Wildman–Crippen MR) is 74.4 cm³/mol. The summed E-state index contributed by atoms with van der Waals surface area (Å²) in [5.41, 5.74) is 6.76. The summed E-state index contributed by atoms with van der Waals surface area (Å²) in [6.07, 6.45) is 3.27. The van der Waals surface area contributed by atoms with Gasteiger partial charge in [-0.25, -0.2) is 9.78 Å². The Morgan fingerprint density at radius 3 is 3.00 bits per heavy atom. The van der Waals surface area contributed by atoms with Crippen molar-refractivity contribution in [1.29, 1.82) is 0 Å². The van der Waals surface area contributed by atoms with Crippen LogP contribution in [-0.4, -0.2) is 42.4 Å². The standard InChI is InChI=1S/C14H19N3O3/c1-20-14(19)9-4-5-16-13(12(9)15)17-6-8-2-3-11(18)10(8)7-17/h4-5,8,10-11,18H,2-3,6-7,15H2,1H3. The van der Waals surface area contributed by atoms with Gasteiger partial charge in [-0.05, 0) is 24.8 Å². The van der Waals surface area contributed by atoms with Crippen LogP contribution in [0.15, 0.2) is 12.3 Å². The molecule has 1 aromatic heterocycles. The molecule has 0 spiro atoms. The number of pyridine rings is 1. The number of aliphatic hydroxyl groups excluding tert-OH is 1. The highest BCUT2D eigenvalue weighted by Gasteiger charge is 2.42. The molecular weight excluding hydrogens is 258 g/mol. The van der Waals surface area contributed by atoms with Crippen molar-refractivity contribution in [2.45, 2.75) is 18.9 Å². The molecule has 0 bridgehead atoms. The molecule has 1 saturated carbocycles. The number of esters is 1. The monoisotopic (exact) mass is 277 g/mol. The van der Waals surface area contributed by atoms with Crippen molar-refractivity contribution in [3.8, 4) is 0 Å². The minimum atomic E-state index is -0.453. The lowest BCUT2D eigenvalue weighted by atomic mass is 10.00. The van der Waals surface area contributed by atoms with Crippen LogP contribution >= 0.6 is 0 Å². The molecule has 1 aromatic rings. The third-order valence-electron chi connectivity index (χ3n) is 4.49. The van der Waals surface area contributed by atoms with Gasteiger partial charge < -0.3 is 20.5 Å². The Kier molecular flexibility index (Phi) is 3.25. The molecule has 1 aliphatic carbocycles. The number of nitrogens with zero attached hydrogens (tertiary/aromatic N) is 2. The molecule has 6 nitrogen and oxygen atoms in total. The SMILES string of the molecule is COC(=O)c1ccnc(N2CC3CCC(O)C3C2)c1N. The van der Waals surface area contributed by atoms with Crippen LogP contribution in [0.4, 0.5) is 11.5 Å². The molecule has 1 aliphatic heterocycles. The number of hydrogen-bond donors (Lipinski definition) is 2. The van der Waals surface area contributed by atoms with Crippen molar-refractivity contribution < 1.29 is 14.6 Å². The van der Waals surface area contributed by atoms with Crippen LogP contribution in [0.3, 0.4) is 0 Å². The molecule has 3 N–H and O–H groups in total. The summed E-state index contributed by atoms with van der Waals surface area (Å²) in [5.74, 6) is 0.950. The number of methoxy groups -OCH3 is 1. The number of fused-ring (bicyclic) bond motifs is 1. The molecule has 108 valence electrons. The third kappa shape index (κ3) is 2.00. The fourth-order valence-electron chi connectivity index (χ4n) is 3.41. The van der Waals surface area contributed by atoms with Gasteiger partial charge in [-0.3, -0.25) is 0 Å². The minimum absolute atomic E-state index is 0.227. The summed E-state index contributed by atoms with van der Waals surface area (Å²) in [4.78, 5) is 18.0. The first-order chi connectivity index (χ1) is 9.61. The first-order valence-electron chi connectivity index (χ1n) is 6.87. The van der Waals surface area contributed by atoms with E-state index >= 15 is 0 Å².